The highest BCUT2D eigenvalue weighted by molar-refractivity contribution is 8.16. The first kappa shape index (κ1) is 21.8. The average Bonchev–Trinajstić information content (AvgIpc) is 3.29. The molecule has 2 aliphatic heterocycles. The number of hydrogen-bond donors (Lipinski definition) is 0. The normalized spacial score (nSPS) is 20.7. The van der Waals surface area contributed by atoms with E-state index in [0.29, 0.717) is 0 Å². The monoisotopic (exact) mass is 500 g/mol. The van der Waals surface area contributed by atoms with Crippen molar-refractivity contribution in [3.05, 3.63) is 128 Å². The van der Waals surface area contributed by atoms with Crippen molar-refractivity contribution in [1.29, 1.82) is 0 Å². The van der Waals surface area contributed by atoms with Crippen LogP contribution in [0.15, 0.2) is 106 Å². The molecule has 1 aliphatic carbocycles. The fourth-order valence-electron chi connectivity index (χ4n) is 4.94. The molecule has 1 unspecified atom stereocenters. The Morgan fingerprint density at radius 3 is 2.29 bits per heavy atom. The second-order valence-electron chi connectivity index (χ2n) is 8.65. The Bertz CT molecular complexity index is 1350. The molecule has 3 aromatic carbocycles. The van der Waals surface area contributed by atoms with Crippen LogP contribution in [-0.2, 0) is 0 Å². The Balaban J connectivity index is 1.49. The molecule has 0 bridgehead atoms. The molecule has 5 heteroatoms. The molecule has 3 aromatic rings. The standard InChI is InChI=1S/C29H22Cl2N2S/c30-23-13-9-19(10-14-23)17-22-7-4-8-25-27(22)32-29-33(28(25)21-11-15-24(31)16-12-21)26(18-34-29)20-5-2-1-3-6-20/h1-3,5-6,9-18,28H,4,7-8H2/b22-17+. The lowest BCUT2D eigenvalue weighted by atomic mass is 9.83. The Kier molecular flexibility index (Phi) is 5.86. The molecule has 2 heterocycles. The van der Waals surface area contributed by atoms with Gasteiger partial charge in [0.15, 0.2) is 5.17 Å². The van der Waals surface area contributed by atoms with E-state index in [0.717, 1.165) is 45.7 Å². The third-order valence-electron chi connectivity index (χ3n) is 6.50. The lowest BCUT2D eigenvalue weighted by molar-refractivity contribution is 0.458. The van der Waals surface area contributed by atoms with Crippen molar-refractivity contribution >= 4 is 51.9 Å². The molecule has 0 radical (unpaired) electrons. The predicted octanol–water partition coefficient (Wildman–Crippen LogP) is 8.97. The summed E-state index contributed by atoms with van der Waals surface area (Å²) in [6.45, 7) is 0. The SMILES string of the molecule is Clc1ccc(/C=C2\CCCC3=C2N=C2SC=C(c4ccccc4)N2C3c2ccc(Cl)cc2)cc1. The van der Waals surface area contributed by atoms with E-state index < -0.39 is 0 Å². The number of rotatable bonds is 3. The topological polar surface area (TPSA) is 15.6 Å². The second kappa shape index (κ2) is 9.14. The van der Waals surface area contributed by atoms with Gasteiger partial charge in [0.1, 0.15) is 0 Å². The van der Waals surface area contributed by atoms with Gasteiger partial charge in [-0.1, -0.05) is 89.6 Å². The number of thioether (sulfide) groups is 1. The minimum Gasteiger partial charge on any atom is -0.308 e. The molecule has 0 amide bonds. The number of hydrogen-bond acceptors (Lipinski definition) is 3. The summed E-state index contributed by atoms with van der Waals surface area (Å²) in [5.41, 5.74) is 8.61. The molecule has 2 nitrogen and oxygen atoms in total. The summed E-state index contributed by atoms with van der Waals surface area (Å²) in [7, 11) is 0. The van der Waals surface area contributed by atoms with E-state index in [1.807, 2.05) is 24.3 Å². The van der Waals surface area contributed by atoms with Gasteiger partial charge in [0, 0.05) is 15.5 Å². The van der Waals surface area contributed by atoms with Gasteiger partial charge in [-0.15, -0.1) is 0 Å². The number of amidine groups is 1. The zero-order valence-corrected chi connectivity index (χ0v) is 20.7. The zero-order chi connectivity index (χ0) is 23.1. The molecule has 0 fully saturated rings. The molecule has 1 atom stereocenters. The summed E-state index contributed by atoms with van der Waals surface area (Å²) in [5, 5.41) is 4.77. The lowest BCUT2D eigenvalue weighted by Gasteiger charge is -2.40. The molecule has 0 aromatic heterocycles. The van der Waals surface area contributed by atoms with Crippen LogP contribution in [0.3, 0.4) is 0 Å². The van der Waals surface area contributed by atoms with Crippen molar-refractivity contribution in [1.82, 2.24) is 4.90 Å². The summed E-state index contributed by atoms with van der Waals surface area (Å²) in [6.07, 6.45) is 5.43. The van der Waals surface area contributed by atoms with Crippen molar-refractivity contribution in [2.24, 2.45) is 4.99 Å². The Labute approximate surface area is 214 Å². The van der Waals surface area contributed by atoms with Gasteiger partial charge in [0.2, 0.25) is 0 Å². The fraction of sp³-hybridized carbons (Fsp3) is 0.138. The van der Waals surface area contributed by atoms with Crippen LogP contribution >= 0.6 is 35.0 Å². The van der Waals surface area contributed by atoms with E-state index in [2.05, 4.69) is 71.0 Å². The fourth-order valence-corrected chi connectivity index (χ4v) is 6.12. The van der Waals surface area contributed by atoms with E-state index in [1.54, 1.807) is 11.8 Å². The highest BCUT2D eigenvalue weighted by Crippen LogP contribution is 2.51. The van der Waals surface area contributed by atoms with Crippen molar-refractivity contribution in [2.45, 2.75) is 25.3 Å². The summed E-state index contributed by atoms with van der Waals surface area (Å²) in [4.78, 5) is 7.65. The van der Waals surface area contributed by atoms with Crippen LogP contribution in [0.5, 0.6) is 0 Å². The van der Waals surface area contributed by atoms with Crippen molar-refractivity contribution in [3.63, 3.8) is 0 Å². The van der Waals surface area contributed by atoms with Gasteiger partial charge < -0.3 is 4.90 Å². The van der Waals surface area contributed by atoms with Gasteiger partial charge in [-0.25, -0.2) is 4.99 Å². The third kappa shape index (κ3) is 4.02. The highest BCUT2D eigenvalue weighted by atomic mass is 35.5. The van der Waals surface area contributed by atoms with Gasteiger partial charge in [0.25, 0.3) is 0 Å². The smallest absolute Gasteiger partial charge is 0.174 e. The maximum absolute atomic E-state index is 6.27. The van der Waals surface area contributed by atoms with Crippen molar-refractivity contribution in [2.75, 3.05) is 0 Å². The number of benzene rings is 3. The summed E-state index contributed by atoms with van der Waals surface area (Å²) >= 11 is 14.1. The number of allylic oxidation sites excluding steroid dienone is 1. The maximum atomic E-state index is 6.27. The quantitative estimate of drug-likeness (QED) is 0.356. The van der Waals surface area contributed by atoms with E-state index in [9.17, 15) is 0 Å². The average molecular weight is 501 g/mol. The molecule has 168 valence electrons. The van der Waals surface area contributed by atoms with E-state index in [-0.39, 0.29) is 6.04 Å². The summed E-state index contributed by atoms with van der Waals surface area (Å²) < 4.78 is 0. The van der Waals surface area contributed by atoms with E-state index in [4.69, 9.17) is 28.2 Å². The van der Waals surface area contributed by atoms with Crippen LogP contribution < -0.4 is 0 Å². The maximum Gasteiger partial charge on any atom is 0.174 e. The minimum absolute atomic E-state index is 0.0927. The van der Waals surface area contributed by atoms with Crippen LogP contribution in [0, 0.1) is 0 Å². The largest absolute Gasteiger partial charge is 0.308 e. The molecule has 34 heavy (non-hydrogen) atoms. The molecule has 6 rings (SSSR count). The van der Waals surface area contributed by atoms with Crippen LogP contribution in [0.4, 0.5) is 0 Å². The van der Waals surface area contributed by atoms with Crippen molar-refractivity contribution < 1.29 is 0 Å². The zero-order valence-electron chi connectivity index (χ0n) is 18.4. The Morgan fingerprint density at radius 1 is 0.853 bits per heavy atom. The van der Waals surface area contributed by atoms with Crippen LogP contribution in [0.25, 0.3) is 11.8 Å². The Morgan fingerprint density at radius 2 is 1.56 bits per heavy atom. The van der Waals surface area contributed by atoms with Gasteiger partial charge in [-0.3, -0.25) is 0 Å². The molecular weight excluding hydrogens is 479 g/mol. The molecule has 0 spiro atoms. The first-order valence-corrected chi connectivity index (χ1v) is 13.1. The van der Waals surface area contributed by atoms with Crippen molar-refractivity contribution in [3.8, 4) is 0 Å². The molecule has 0 N–H and O–H groups in total. The van der Waals surface area contributed by atoms with E-state index >= 15 is 0 Å². The first-order chi connectivity index (χ1) is 16.7. The van der Waals surface area contributed by atoms with Gasteiger partial charge >= 0.3 is 0 Å². The van der Waals surface area contributed by atoms with Crippen LogP contribution in [0.2, 0.25) is 10.0 Å². The molecule has 0 saturated carbocycles. The third-order valence-corrected chi connectivity index (χ3v) is 7.85. The molecule has 0 saturated heterocycles. The lowest BCUT2D eigenvalue weighted by Crippen LogP contribution is -2.34. The number of nitrogens with zero attached hydrogens (tertiary/aromatic N) is 2. The molecule has 3 aliphatic rings. The number of halogens is 2. The van der Waals surface area contributed by atoms with E-state index in [1.165, 1.54) is 28.0 Å². The van der Waals surface area contributed by atoms with Crippen LogP contribution in [0.1, 0.15) is 42.0 Å². The van der Waals surface area contributed by atoms with Gasteiger partial charge in [-0.2, -0.15) is 0 Å². The summed E-state index contributed by atoms with van der Waals surface area (Å²) in [5.74, 6) is 0. The molecular formula is C29H22Cl2N2S. The van der Waals surface area contributed by atoms with Gasteiger partial charge in [0.05, 0.1) is 17.4 Å². The first-order valence-electron chi connectivity index (χ1n) is 11.4. The Hall–Kier alpha value is -2.72. The van der Waals surface area contributed by atoms with Crippen LogP contribution in [-0.4, -0.2) is 10.1 Å². The minimum atomic E-state index is 0.0927. The summed E-state index contributed by atoms with van der Waals surface area (Å²) in [6, 6.07) is 27.0. The predicted molar refractivity (Wildman–Crippen MR) is 146 cm³/mol. The number of fused-ring (bicyclic) bond motifs is 1. The van der Waals surface area contributed by atoms with Gasteiger partial charge in [-0.05, 0) is 77.4 Å². The number of aliphatic imine (C=N–C) groups is 1. The highest BCUT2D eigenvalue weighted by Gasteiger charge is 2.40. The second-order valence-corrected chi connectivity index (χ2v) is 10.4.